The van der Waals surface area contributed by atoms with Gasteiger partial charge < -0.3 is 14.6 Å². The van der Waals surface area contributed by atoms with Crippen LogP contribution in [0.15, 0.2) is 15.5 Å². The van der Waals surface area contributed by atoms with Crippen LogP contribution in [0.5, 0.6) is 17.2 Å². The molecule has 1 saturated carbocycles. The number of rotatable bonds is 2. The highest BCUT2D eigenvalue weighted by molar-refractivity contribution is 9.10. The Kier molecular flexibility index (Phi) is 2.18. The fourth-order valence-electron chi connectivity index (χ4n) is 1.99. The number of carbonyl (C=O) groups excluding carboxylic acids is 1. The van der Waals surface area contributed by atoms with E-state index < -0.39 is 5.54 Å². The van der Waals surface area contributed by atoms with Crippen LogP contribution in [0.3, 0.4) is 0 Å². The van der Waals surface area contributed by atoms with Crippen molar-refractivity contribution >= 4 is 22.0 Å². The summed E-state index contributed by atoms with van der Waals surface area (Å²) in [6, 6.07) is 1.68. The van der Waals surface area contributed by atoms with E-state index in [-0.39, 0.29) is 12.5 Å². The molecule has 1 heterocycles. The topological polar surface area (TPSA) is 68.1 Å². The Balaban J connectivity index is 2.19. The maximum absolute atomic E-state index is 10.4. The Hall–Kier alpha value is -1.52. The van der Waals surface area contributed by atoms with Gasteiger partial charge in [0, 0.05) is 5.56 Å². The first-order valence-electron chi connectivity index (χ1n) is 5.08. The molecule has 1 aromatic rings. The zero-order valence-electron chi connectivity index (χ0n) is 8.70. The van der Waals surface area contributed by atoms with E-state index in [1.165, 1.54) is 0 Å². The third-order valence-electron chi connectivity index (χ3n) is 3.06. The maximum Gasteiger partial charge on any atom is 0.235 e. The molecular weight excluding hydrogens is 290 g/mol. The van der Waals surface area contributed by atoms with Crippen LogP contribution in [0.2, 0.25) is 0 Å². The number of aliphatic imine (C=N–C) groups is 1. The highest BCUT2D eigenvalue weighted by Gasteiger charge is 2.48. The van der Waals surface area contributed by atoms with Crippen molar-refractivity contribution in [3.05, 3.63) is 16.1 Å². The zero-order chi connectivity index (χ0) is 12.0. The SMILES string of the molecule is O=C=NC1(c2cc3c(c(Br)c2O)OCO3)CC1. The number of ether oxygens (including phenoxy) is 2. The van der Waals surface area contributed by atoms with E-state index in [4.69, 9.17) is 9.47 Å². The number of phenols is 1. The lowest BCUT2D eigenvalue weighted by Gasteiger charge is -2.13. The van der Waals surface area contributed by atoms with Gasteiger partial charge in [-0.05, 0) is 34.8 Å². The van der Waals surface area contributed by atoms with Crippen LogP contribution in [0.25, 0.3) is 0 Å². The zero-order valence-corrected chi connectivity index (χ0v) is 10.3. The number of hydrogen-bond donors (Lipinski definition) is 1. The van der Waals surface area contributed by atoms with Crippen molar-refractivity contribution in [1.29, 1.82) is 0 Å². The monoisotopic (exact) mass is 297 g/mol. The smallest absolute Gasteiger partial charge is 0.235 e. The van der Waals surface area contributed by atoms with Crippen LogP contribution in [-0.2, 0) is 10.3 Å². The largest absolute Gasteiger partial charge is 0.506 e. The third kappa shape index (κ3) is 1.45. The molecule has 0 radical (unpaired) electrons. The van der Waals surface area contributed by atoms with E-state index >= 15 is 0 Å². The Morgan fingerprint density at radius 2 is 2.24 bits per heavy atom. The standard InChI is InChI=1S/C11H8BrNO4/c12-8-9(15)6(11(1-2-11)13-4-14)3-7-10(8)17-5-16-7/h3,15H,1-2,5H2. The average molecular weight is 298 g/mol. The molecule has 0 amide bonds. The van der Waals surface area contributed by atoms with Gasteiger partial charge >= 0.3 is 0 Å². The second kappa shape index (κ2) is 3.48. The second-order valence-corrected chi connectivity index (χ2v) is 4.85. The number of hydrogen-bond acceptors (Lipinski definition) is 5. The lowest BCUT2D eigenvalue weighted by molar-refractivity contribution is 0.173. The van der Waals surface area contributed by atoms with E-state index in [2.05, 4.69) is 20.9 Å². The first-order chi connectivity index (χ1) is 8.18. The van der Waals surface area contributed by atoms with E-state index in [0.717, 1.165) is 12.8 Å². The summed E-state index contributed by atoms with van der Waals surface area (Å²) in [6.07, 6.45) is 3.01. The van der Waals surface area contributed by atoms with Gasteiger partial charge in [-0.2, -0.15) is 4.99 Å². The number of benzene rings is 1. The van der Waals surface area contributed by atoms with Crippen molar-refractivity contribution in [3.8, 4) is 17.2 Å². The van der Waals surface area contributed by atoms with Gasteiger partial charge in [-0.1, -0.05) is 0 Å². The van der Waals surface area contributed by atoms with Crippen molar-refractivity contribution in [2.24, 2.45) is 4.99 Å². The summed E-state index contributed by atoms with van der Waals surface area (Å²) >= 11 is 3.26. The summed E-state index contributed by atoms with van der Waals surface area (Å²) in [7, 11) is 0. The van der Waals surface area contributed by atoms with E-state index in [9.17, 15) is 9.90 Å². The quantitative estimate of drug-likeness (QED) is 0.671. The molecule has 1 N–H and O–H groups in total. The van der Waals surface area contributed by atoms with Crippen LogP contribution in [-0.4, -0.2) is 18.0 Å². The molecule has 6 heteroatoms. The molecule has 5 nitrogen and oxygen atoms in total. The molecule has 0 unspecified atom stereocenters. The van der Waals surface area contributed by atoms with Crippen LogP contribution >= 0.6 is 15.9 Å². The molecule has 2 aliphatic rings. The fourth-order valence-corrected chi connectivity index (χ4v) is 2.52. The molecular formula is C11H8BrNO4. The molecule has 1 aromatic carbocycles. The fraction of sp³-hybridized carbons (Fsp3) is 0.364. The summed E-state index contributed by atoms with van der Waals surface area (Å²) in [5.74, 6) is 1.08. The summed E-state index contributed by atoms with van der Waals surface area (Å²) in [5, 5.41) is 10.1. The van der Waals surface area contributed by atoms with E-state index in [0.29, 0.717) is 21.5 Å². The van der Waals surface area contributed by atoms with Gasteiger partial charge in [-0.25, -0.2) is 4.79 Å². The van der Waals surface area contributed by atoms with Crippen molar-refractivity contribution in [3.63, 3.8) is 0 Å². The maximum atomic E-state index is 10.4. The summed E-state index contributed by atoms with van der Waals surface area (Å²) in [6.45, 7) is 0.126. The number of halogens is 1. The Morgan fingerprint density at radius 3 is 2.88 bits per heavy atom. The van der Waals surface area contributed by atoms with Crippen molar-refractivity contribution < 1.29 is 19.4 Å². The van der Waals surface area contributed by atoms with E-state index in [1.807, 2.05) is 0 Å². The molecule has 0 spiro atoms. The number of nitrogens with zero attached hydrogens (tertiary/aromatic N) is 1. The second-order valence-electron chi connectivity index (χ2n) is 4.06. The van der Waals surface area contributed by atoms with Crippen LogP contribution in [0.4, 0.5) is 0 Å². The lowest BCUT2D eigenvalue weighted by Crippen LogP contribution is -2.03. The Labute approximate surface area is 105 Å². The highest BCUT2D eigenvalue weighted by atomic mass is 79.9. The summed E-state index contributed by atoms with van der Waals surface area (Å²) in [5.41, 5.74) is -0.0491. The number of fused-ring (bicyclic) bond motifs is 1. The molecule has 17 heavy (non-hydrogen) atoms. The Bertz CT molecular complexity index is 547. The van der Waals surface area contributed by atoms with Crippen molar-refractivity contribution in [2.75, 3.05) is 6.79 Å². The van der Waals surface area contributed by atoms with Gasteiger partial charge in [-0.15, -0.1) is 0 Å². The predicted octanol–water partition coefficient (Wildman–Crippen LogP) is 2.21. The average Bonchev–Trinajstić information content (AvgIpc) is 2.92. The molecule has 0 atom stereocenters. The van der Waals surface area contributed by atoms with Gasteiger partial charge in [0.15, 0.2) is 11.5 Å². The van der Waals surface area contributed by atoms with Crippen LogP contribution in [0, 0.1) is 0 Å². The molecule has 3 rings (SSSR count). The van der Waals surface area contributed by atoms with Gasteiger partial charge in [0.05, 0.1) is 0 Å². The first-order valence-corrected chi connectivity index (χ1v) is 5.88. The molecule has 1 aliphatic heterocycles. The van der Waals surface area contributed by atoms with Crippen LogP contribution in [0.1, 0.15) is 18.4 Å². The minimum absolute atomic E-state index is 0.0470. The first kappa shape index (κ1) is 10.6. The van der Waals surface area contributed by atoms with E-state index in [1.54, 1.807) is 12.1 Å². The summed E-state index contributed by atoms with van der Waals surface area (Å²) in [4.78, 5) is 14.2. The third-order valence-corrected chi connectivity index (χ3v) is 3.80. The molecule has 0 saturated heterocycles. The number of isocyanates is 1. The minimum Gasteiger partial charge on any atom is -0.506 e. The summed E-state index contributed by atoms with van der Waals surface area (Å²) < 4.78 is 10.9. The normalized spacial score (nSPS) is 18.6. The minimum atomic E-state index is -0.630. The van der Waals surface area contributed by atoms with Gasteiger partial charge in [0.2, 0.25) is 12.9 Å². The molecule has 1 fully saturated rings. The van der Waals surface area contributed by atoms with Crippen molar-refractivity contribution in [1.82, 2.24) is 0 Å². The number of phenolic OH excluding ortho intramolecular Hbond substituents is 1. The number of aromatic hydroxyl groups is 1. The Morgan fingerprint density at radius 1 is 1.47 bits per heavy atom. The molecule has 1 aliphatic carbocycles. The van der Waals surface area contributed by atoms with Gasteiger partial charge in [0.25, 0.3) is 0 Å². The molecule has 0 aromatic heterocycles. The van der Waals surface area contributed by atoms with Crippen LogP contribution < -0.4 is 9.47 Å². The molecule has 88 valence electrons. The lowest BCUT2D eigenvalue weighted by atomic mass is 10.0. The van der Waals surface area contributed by atoms with Crippen molar-refractivity contribution in [2.45, 2.75) is 18.4 Å². The predicted molar refractivity (Wildman–Crippen MR) is 61.0 cm³/mol. The van der Waals surface area contributed by atoms with Gasteiger partial charge in [-0.3, -0.25) is 0 Å². The van der Waals surface area contributed by atoms with Gasteiger partial charge in [0.1, 0.15) is 15.8 Å². The highest BCUT2D eigenvalue weighted by Crippen LogP contribution is 2.57. The molecule has 0 bridgehead atoms.